The van der Waals surface area contributed by atoms with E-state index in [0.29, 0.717) is 28.3 Å². The molecule has 0 aliphatic rings. The van der Waals surface area contributed by atoms with Gasteiger partial charge in [-0.15, -0.1) is 0 Å². The molecule has 2 amide bonds. The van der Waals surface area contributed by atoms with E-state index >= 15 is 0 Å². The number of primary amides is 1. The molecule has 0 heterocycles. The third-order valence-corrected chi connectivity index (χ3v) is 3.68. The van der Waals surface area contributed by atoms with Crippen LogP contribution in [-0.2, 0) is 4.79 Å². The van der Waals surface area contributed by atoms with E-state index in [1.54, 1.807) is 37.3 Å². The molecule has 2 aromatic rings. The Labute approximate surface area is 151 Å². The summed E-state index contributed by atoms with van der Waals surface area (Å²) in [6.07, 6.45) is -0.817. The number of ketones is 1. The monoisotopic (exact) mass is 356 g/mol. The van der Waals surface area contributed by atoms with Crippen molar-refractivity contribution in [2.75, 3.05) is 12.4 Å². The number of rotatable bonds is 7. The summed E-state index contributed by atoms with van der Waals surface area (Å²) >= 11 is 0. The molecule has 3 N–H and O–H groups in total. The predicted octanol–water partition coefficient (Wildman–Crippen LogP) is 2.40. The highest BCUT2D eigenvalue weighted by Gasteiger charge is 2.18. The predicted molar refractivity (Wildman–Crippen MR) is 96.7 cm³/mol. The number of amides is 2. The average Bonchev–Trinajstić information content (AvgIpc) is 2.62. The first-order valence-electron chi connectivity index (χ1n) is 7.88. The molecule has 0 spiro atoms. The second-order valence-electron chi connectivity index (χ2n) is 5.61. The zero-order valence-corrected chi connectivity index (χ0v) is 14.7. The van der Waals surface area contributed by atoms with E-state index < -0.39 is 12.0 Å². The van der Waals surface area contributed by atoms with Crippen molar-refractivity contribution in [3.8, 4) is 11.5 Å². The second-order valence-corrected chi connectivity index (χ2v) is 5.61. The second kappa shape index (κ2) is 8.15. The van der Waals surface area contributed by atoms with Gasteiger partial charge in [0.1, 0.15) is 0 Å². The highest BCUT2D eigenvalue weighted by atomic mass is 16.5. The first kappa shape index (κ1) is 19.0. The van der Waals surface area contributed by atoms with E-state index in [0.717, 1.165) is 0 Å². The number of nitrogens with two attached hydrogens (primary N) is 1. The Balaban J connectivity index is 2.06. The molecule has 0 bridgehead atoms. The van der Waals surface area contributed by atoms with Crippen LogP contribution in [0, 0.1) is 0 Å². The molecule has 0 aliphatic carbocycles. The van der Waals surface area contributed by atoms with Gasteiger partial charge in [-0.1, -0.05) is 0 Å². The molecule has 0 saturated carbocycles. The van der Waals surface area contributed by atoms with Gasteiger partial charge < -0.3 is 20.5 Å². The standard InChI is InChI=1S/C19H20N2O5/c1-11(22)14-6-9-16(17(10-14)25-3)26-12(2)19(24)21-15-7-4-13(5-8-15)18(20)23/h4-10,12H,1-3H3,(H2,20,23)(H,21,24)/t12-/m0/s1. The molecule has 1 atom stereocenters. The Bertz CT molecular complexity index is 830. The smallest absolute Gasteiger partial charge is 0.265 e. The van der Waals surface area contributed by atoms with Crippen molar-refractivity contribution in [3.05, 3.63) is 53.6 Å². The van der Waals surface area contributed by atoms with Crippen LogP contribution < -0.4 is 20.5 Å². The summed E-state index contributed by atoms with van der Waals surface area (Å²) in [4.78, 5) is 34.8. The highest BCUT2D eigenvalue weighted by Crippen LogP contribution is 2.29. The number of ether oxygens (including phenoxy) is 2. The molecule has 26 heavy (non-hydrogen) atoms. The summed E-state index contributed by atoms with van der Waals surface area (Å²) in [6.45, 7) is 3.04. The van der Waals surface area contributed by atoms with Crippen molar-refractivity contribution in [2.24, 2.45) is 5.73 Å². The van der Waals surface area contributed by atoms with Gasteiger partial charge in [0.2, 0.25) is 5.91 Å². The fourth-order valence-electron chi connectivity index (χ4n) is 2.19. The van der Waals surface area contributed by atoms with Gasteiger partial charge in [0, 0.05) is 16.8 Å². The van der Waals surface area contributed by atoms with Crippen LogP contribution in [0.4, 0.5) is 5.69 Å². The van der Waals surface area contributed by atoms with Gasteiger partial charge in [-0.05, 0) is 56.3 Å². The summed E-state index contributed by atoms with van der Waals surface area (Å²) in [5.41, 5.74) is 6.52. The van der Waals surface area contributed by atoms with E-state index in [1.165, 1.54) is 26.2 Å². The third kappa shape index (κ3) is 4.60. The van der Waals surface area contributed by atoms with Crippen LogP contribution in [0.25, 0.3) is 0 Å². The third-order valence-electron chi connectivity index (χ3n) is 3.68. The molecule has 0 aliphatic heterocycles. The molecule has 0 radical (unpaired) electrons. The molecular weight excluding hydrogens is 336 g/mol. The van der Waals surface area contributed by atoms with E-state index in [1.807, 2.05) is 0 Å². The van der Waals surface area contributed by atoms with Gasteiger partial charge >= 0.3 is 0 Å². The van der Waals surface area contributed by atoms with Gasteiger partial charge in [0.25, 0.3) is 5.91 Å². The zero-order chi connectivity index (χ0) is 19.3. The summed E-state index contributed by atoms with van der Waals surface area (Å²) in [5, 5.41) is 2.68. The van der Waals surface area contributed by atoms with Gasteiger partial charge in [0.15, 0.2) is 23.4 Å². The van der Waals surface area contributed by atoms with E-state index in [9.17, 15) is 14.4 Å². The topological polar surface area (TPSA) is 108 Å². The molecule has 7 nitrogen and oxygen atoms in total. The Kier molecular flexibility index (Phi) is 5.95. The summed E-state index contributed by atoms with van der Waals surface area (Å²) in [5.74, 6) is -0.303. The Morgan fingerprint density at radius 3 is 2.15 bits per heavy atom. The van der Waals surface area contributed by atoms with Gasteiger partial charge in [-0.25, -0.2) is 0 Å². The molecule has 0 fully saturated rings. The quantitative estimate of drug-likeness (QED) is 0.741. The lowest BCUT2D eigenvalue weighted by molar-refractivity contribution is -0.122. The number of hydrogen-bond donors (Lipinski definition) is 2. The number of methoxy groups -OCH3 is 1. The molecule has 136 valence electrons. The number of carbonyl (C=O) groups is 3. The number of nitrogens with one attached hydrogen (secondary N) is 1. The minimum Gasteiger partial charge on any atom is -0.493 e. The van der Waals surface area contributed by atoms with Crippen LogP contribution in [0.1, 0.15) is 34.6 Å². The number of carbonyl (C=O) groups excluding carboxylic acids is 3. The van der Waals surface area contributed by atoms with Gasteiger partial charge in [-0.3, -0.25) is 14.4 Å². The van der Waals surface area contributed by atoms with Crippen molar-refractivity contribution in [1.29, 1.82) is 0 Å². The van der Waals surface area contributed by atoms with Crippen LogP contribution in [0.15, 0.2) is 42.5 Å². The maximum Gasteiger partial charge on any atom is 0.265 e. The minimum absolute atomic E-state index is 0.0972. The van der Waals surface area contributed by atoms with Crippen LogP contribution in [0.3, 0.4) is 0 Å². The average molecular weight is 356 g/mol. The molecule has 0 saturated heterocycles. The maximum absolute atomic E-state index is 12.3. The van der Waals surface area contributed by atoms with Crippen molar-refractivity contribution < 1.29 is 23.9 Å². The summed E-state index contributed by atoms with van der Waals surface area (Å²) < 4.78 is 10.9. The molecule has 0 aromatic heterocycles. The van der Waals surface area contributed by atoms with Crippen molar-refractivity contribution in [3.63, 3.8) is 0 Å². The Morgan fingerprint density at radius 2 is 1.62 bits per heavy atom. The molecule has 0 unspecified atom stereocenters. The number of anilines is 1. The maximum atomic E-state index is 12.3. The normalized spacial score (nSPS) is 11.3. The van der Waals surface area contributed by atoms with E-state index in [4.69, 9.17) is 15.2 Å². The van der Waals surface area contributed by atoms with Crippen molar-refractivity contribution in [1.82, 2.24) is 0 Å². The van der Waals surface area contributed by atoms with Crippen molar-refractivity contribution in [2.45, 2.75) is 20.0 Å². The molecular formula is C19H20N2O5. The van der Waals surface area contributed by atoms with Crippen LogP contribution >= 0.6 is 0 Å². The van der Waals surface area contributed by atoms with Gasteiger partial charge in [0.05, 0.1) is 7.11 Å². The molecule has 2 aromatic carbocycles. The molecule has 2 rings (SSSR count). The van der Waals surface area contributed by atoms with Crippen LogP contribution in [-0.4, -0.2) is 30.8 Å². The first-order chi connectivity index (χ1) is 12.3. The highest BCUT2D eigenvalue weighted by molar-refractivity contribution is 5.96. The SMILES string of the molecule is COc1cc(C(C)=O)ccc1O[C@@H](C)C(=O)Nc1ccc(C(N)=O)cc1. The fraction of sp³-hybridized carbons (Fsp3) is 0.211. The Hall–Kier alpha value is -3.35. The van der Waals surface area contributed by atoms with Crippen molar-refractivity contribution >= 4 is 23.3 Å². The lowest BCUT2D eigenvalue weighted by Gasteiger charge is -2.17. The van der Waals surface area contributed by atoms with E-state index in [-0.39, 0.29) is 11.7 Å². The lowest BCUT2D eigenvalue weighted by Crippen LogP contribution is -2.30. The van der Waals surface area contributed by atoms with Gasteiger partial charge in [-0.2, -0.15) is 0 Å². The molecule has 7 heteroatoms. The number of benzene rings is 2. The van der Waals surface area contributed by atoms with Crippen LogP contribution in [0.5, 0.6) is 11.5 Å². The first-order valence-corrected chi connectivity index (χ1v) is 7.88. The minimum atomic E-state index is -0.817. The number of hydrogen-bond acceptors (Lipinski definition) is 5. The lowest BCUT2D eigenvalue weighted by atomic mass is 10.1. The Morgan fingerprint density at radius 1 is 1.00 bits per heavy atom. The fourth-order valence-corrected chi connectivity index (χ4v) is 2.19. The zero-order valence-electron chi connectivity index (χ0n) is 14.7. The summed E-state index contributed by atoms with van der Waals surface area (Å²) in [6, 6.07) is 10.9. The number of Topliss-reactive ketones (excluding diaryl/α,β-unsaturated/α-hetero) is 1. The van der Waals surface area contributed by atoms with E-state index in [2.05, 4.69) is 5.32 Å². The largest absolute Gasteiger partial charge is 0.493 e. The van der Waals surface area contributed by atoms with Crippen LogP contribution in [0.2, 0.25) is 0 Å². The summed E-state index contributed by atoms with van der Waals surface area (Å²) in [7, 11) is 1.46.